The molecule has 1 nitrogen and oxygen atoms in total. The van der Waals surface area contributed by atoms with Crippen LogP contribution in [0.5, 0.6) is 0 Å². The van der Waals surface area contributed by atoms with Gasteiger partial charge in [0.2, 0.25) is 0 Å². The third-order valence-electron chi connectivity index (χ3n) is 4.96. The van der Waals surface area contributed by atoms with Crippen LogP contribution in [0.2, 0.25) is 0 Å². The van der Waals surface area contributed by atoms with Crippen LogP contribution in [0, 0.1) is 0 Å². The lowest BCUT2D eigenvalue weighted by molar-refractivity contribution is 0.446. The van der Waals surface area contributed by atoms with Gasteiger partial charge in [-0.3, -0.25) is 0 Å². The highest BCUT2D eigenvalue weighted by Gasteiger charge is 2.39. The standard InChI is InChI=1S/C15H29OP.2C2H6/c1-2-13-17(16,14-9-5-3-6-10-14)15-11-7-4-8-12-15;2*1-2/h14-15H,2-13H2,1H3;2*1-2H3. The molecule has 0 radical (unpaired) electrons. The Balaban J connectivity index is 0.000000921. The van der Waals surface area contributed by atoms with Crippen LogP contribution in [-0.4, -0.2) is 17.5 Å². The summed E-state index contributed by atoms with van der Waals surface area (Å²) in [6, 6.07) is 0. The zero-order chi connectivity index (χ0) is 16.1. The second-order valence-corrected chi connectivity index (χ2v) is 9.78. The number of hydrogen-bond donors (Lipinski definition) is 0. The Morgan fingerprint density at radius 2 is 1.05 bits per heavy atom. The Morgan fingerprint density at radius 1 is 0.714 bits per heavy atom. The van der Waals surface area contributed by atoms with Crippen LogP contribution in [0.3, 0.4) is 0 Å². The van der Waals surface area contributed by atoms with E-state index in [9.17, 15) is 4.57 Å². The second-order valence-electron chi connectivity index (χ2n) is 6.16. The van der Waals surface area contributed by atoms with E-state index in [1.54, 1.807) is 0 Å². The van der Waals surface area contributed by atoms with Crippen LogP contribution in [0.25, 0.3) is 0 Å². The molecule has 2 heteroatoms. The lowest BCUT2D eigenvalue weighted by Gasteiger charge is -2.38. The van der Waals surface area contributed by atoms with Gasteiger partial charge < -0.3 is 4.57 Å². The van der Waals surface area contributed by atoms with E-state index in [2.05, 4.69) is 6.92 Å². The zero-order valence-electron chi connectivity index (χ0n) is 15.5. The summed E-state index contributed by atoms with van der Waals surface area (Å²) in [4.78, 5) is 0. The molecule has 0 atom stereocenters. The molecule has 2 saturated carbocycles. The third kappa shape index (κ3) is 6.47. The van der Waals surface area contributed by atoms with E-state index in [1.807, 2.05) is 27.7 Å². The van der Waals surface area contributed by atoms with Gasteiger partial charge in [0.1, 0.15) is 0 Å². The molecule has 0 aromatic heterocycles. The van der Waals surface area contributed by atoms with Crippen LogP contribution in [0.1, 0.15) is 105 Å². The molecule has 2 aliphatic carbocycles. The van der Waals surface area contributed by atoms with Crippen LogP contribution < -0.4 is 0 Å². The van der Waals surface area contributed by atoms with E-state index in [-0.39, 0.29) is 0 Å². The van der Waals surface area contributed by atoms with Gasteiger partial charge in [-0.1, -0.05) is 73.1 Å². The highest BCUT2D eigenvalue weighted by molar-refractivity contribution is 7.65. The molecule has 2 aliphatic rings. The van der Waals surface area contributed by atoms with Crippen molar-refractivity contribution in [3.05, 3.63) is 0 Å². The molecule has 0 N–H and O–H groups in total. The zero-order valence-corrected chi connectivity index (χ0v) is 16.4. The minimum Gasteiger partial charge on any atom is -0.323 e. The van der Waals surface area contributed by atoms with E-state index < -0.39 is 7.14 Å². The van der Waals surface area contributed by atoms with Crippen molar-refractivity contribution >= 4 is 7.14 Å². The summed E-state index contributed by atoms with van der Waals surface area (Å²) in [5.74, 6) is 0. The molecule has 0 amide bonds. The summed E-state index contributed by atoms with van der Waals surface area (Å²) in [6.07, 6.45) is 15.4. The van der Waals surface area contributed by atoms with Gasteiger partial charge in [0, 0.05) is 17.5 Å². The van der Waals surface area contributed by atoms with Crippen molar-refractivity contribution in [3.63, 3.8) is 0 Å². The minimum absolute atomic E-state index is 0.610. The number of hydrogen-bond acceptors (Lipinski definition) is 1. The van der Waals surface area contributed by atoms with Gasteiger partial charge in [0.25, 0.3) is 0 Å². The van der Waals surface area contributed by atoms with Gasteiger partial charge in [-0.15, -0.1) is 0 Å². The minimum atomic E-state index is -1.87. The van der Waals surface area contributed by atoms with Crippen molar-refractivity contribution in [1.29, 1.82) is 0 Å². The highest BCUT2D eigenvalue weighted by atomic mass is 31.2. The lowest BCUT2D eigenvalue weighted by atomic mass is 9.99. The Morgan fingerprint density at radius 3 is 1.33 bits per heavy atom. The Kier molecular flexibility index (Phi) is 12.9. The maximum absolute atomic E-state index is 13.5. The molecule has 0 aromatic rings. The summed E-state index contributed by atoms with van der Waals surface area (Å²) in [7, 11) is -1.87. The normalized spacial score (nSPS) is 20.8. The first-order chi connectivity index (χ1) is 10.3. The average molecular weight is 317 g/mol. The molecule has 0 bridgehead atoms. The molecule has 2 rings (SSSR count). The maximum atomic E-state index is 13.5. The predicted octanol–water partition coefficient (Wildman–Crippen LogP) is 7.48. The largest absolute Gasteiger partial charge is 0.323 e. The summed E-state index contributed by atoms with van der Waals surface area (Å²) < 4.78 is 13.5. The molecule has 128 valence electrons. The van der Waals surface area contributed by atoms with Crippen LogP contribution in [-0.2, 0) is 4.57 Å². The predicted molar refractivity (Wildman–Crippen MR) is 99.2 cm³/mol. The smallest absolute Gasteiger partial charge is 0.0935 e. The molecule has 0 unspecified atom stereocenters. The van der Waals surface area contributed by atoms with Crippen LogP contribution in [0.4, 0.5) is 0 Å². The van der Waals surface area contributed by atoms with Gasteiger partial charge in [-0.2, -0.15) is 0 Å². The first-order valence-electron chi connectivity index (χ1n) is 9.86. The Bertz CT molecular complexity index is 241. The van der Waals surface area contributed by atoms with E-state index in [4.69, 9.17) is 0 Å². The van der Waals surface area contributed by atoms with Crippen LogP contribution >= 0.6 is 7.14 Å². The van der Waals surface area contributed by atoms with Crippen molar-refractivity contribution < 1.29 is 4.57 Å². The van der Waals surface area contributed by atoms with Gasteiger partial charge in [0.15, 0.2) is 0 Å². The molecular formula is C19H41OP. The fourth-order valence-electron chi connectivity index (χ4n) is 4.05. The summed E-state index contributed by atoms with van der Waals surface area (Å²) in [6.45, 7) is 10.2. The fraction of sp³-hybridized carbons (Fsp3) is 1.00. The quantitative estimate of drug-likeness (QED) is 0.491. The molecule has 0 saturated heterocycles. The summed E-state index contributed by atoms with van der Waals surface area (Å²) >= 11 is 0. The van der Waals surface area contributed by atoms with E-state index >= 15 is 0 Å². The SMILES string of the molecule is CC.CC.CCCP(=O)(C1CCCCC1)C1CCCCC1. The van der Waals surface area contributed by atoms with E-state index in [0.717, 1.165) is 12.6 Å². The Hall–Kier alpha value is 0.230. The highest BCUT2D eigenvalue weighted by Crippen LogP contribution is 2.62. The van der Waals surface area contributed by atoms with Crippen molar-refractivity contribution in [2.75, 3.05) is 6.16 Å². The van der Waals surface area contributed by atoms with Crippen LogP contribution in [0.15, 0.2) is 0 Å². The fourth-order valence-corrected chi connectivity index (χ4v) is 8.55. The van der Waals surface area contributed by atoms with Crippen molar-refractivity contribution in [3.8, 4) is 0 Å². The molecule has 2 fully saturated rings. The molecular weight excluding hydrogens is 275 g/mol. The van der Waals surface area contributed by atoms with Crippen molar-refractivity contribution in [2.24, 2.45) is 0 Å². The van der Waals surface area contributed by atoms with Gasteiger partial charge in [0.05, 0.1) is 7.14 Å². The van der Waals surface area contributed by atoms with E-state index in [1.165, 1.54) is 64.2 Å². The topological polar surface area (TPSA) is 17.1 Å². The molecule has 0 spiro atoms. The molecule has 0 aromatic carbocycles. The third-order valence-corrected chi connectivity index (χ3v) is 9.61. The van der Waals surface area contributed by atoms with Crippen molar-refractivity contribution in [2.45, 2.75) is 117 Å². The first-order valence-corrected chi connectivity index (χ1v) is 11.9. The molecule has 0 heterocycles. The summed E-state index contributed by atoms with van der Waals surface area (Å²) in [5.41, 5.74) is 1.22. The monoisotopic (exact) mass is 316 g/mol. The number of rotatable bonds is 4. The van der Waals surface area contributed by atoms with Gasteiger partial charge >= 0.3 is 0 Å². The maximum Gasteiger partial charge on any atom is 0.0935 e. The van der Waals surface area contributed by atoms with E-state index in [0.29, 0.717) is 11.3 Å². The lowest BCUT2D eigenvalue weighted by Crippen LogP contribution is -2.25. The molecule has 0 aliphatic heterocycles. The Labute approximate surface area is 135 Å². The molecule has 21 heavy (non-hydrogen) atoms. The second kappa shape index (κ2) is 12.7. The van der Waals surface area contributed by atoms with Gasteiger partial charge in [-0.25, -0.2) is 0 Å². The first kappa shape index (κ1) is 21.2. The average Bonchev–Trinajstić information content (AvgIpc) is 2.60. The van der Waals surface area contributed by atoms with Crippen molar-refractivity contribution in [1.82, 2.24) is 0 Å². The summed E-state index contributed by atoms with van der Waals surface area (Å²) in [5, 5.41) is 0. The van der Waals surface area contributed by atoms with Gasteiger partial charge in [-0.05, 0) is 32.1 Å².